The topological polar surface area (TPSA) is 15.3 Å². The third-order valence-electron chi connectivity index (χ3n) is 3.07. The van der Waals surface area contributed by atoms with Gasteiger partial charge in [0, 0.05) is 29.4 Å². The first-order chi connectivity index (χ1) is 10.0. The number of rotatable bonds is 8. The van der Waals surface area contributed by atoms with Gasteiger partial charge in [-0.05, 0) is 64.6 Å². The summed E-state index contributed by atoms with van der Waals surface area (Å²) < 4.78 is 1.21. The lowest BCUT2D eigenvalue weighted by Gasteiger charge is -2.14. The lowest BCUT2D eigenvalue weighted by Crippen LogP contribution is -2.18. The molecule has 0 aliphatic rings. The normalized spacial score (nSPS) is 11.7. The van der Waals surface area contributed by atoms with E-state index in [9.17, 15) is 0 Å². The summed E-state index contributed by atoms with van der Waals surface area (Å²) in [5, 5.41) is 5.72. The van der Waals surface area contributed by atoms with Crippen molar-refractivity contribution in [2.24, 2.45) is 5.92 Å². The van der Waals surface area contributed by atoms with Crippen LogP contribution in [0.1, 0.15) is 29.2 Å². The molecule has 0 aliphatic heterocycles. The molecule has 1 N–H and O–H groups in total. The lowest BCUT2D eigenvalue weighted by molar-refractivity contribution is 0.322. The Hall–Kier alpha value is -0.200. The fourth-order valence-corrected chi connectivity index (χ4v) is 4.42. The van der Waals surface area contributed by atoms with Gasteiger partial charge in [-0.2, -0.15) is 0 Å². The third-order valence-corrected chi connectivity index (χ3v) is 5.69. The zero-order valence-corrected chi connectivity index (χ0v) is 16.1. The third kappa shape index (κ3) is 6.20. The van der Waals surface area contributed by atoms with Crippen LogP contribution in [0.25, 0.3) is 0 Å². The second-order valence-electron chi connectivity index (χ2n) is 5.82. The molecule has 2 aromatic heterocycles. The number of nitrogens with zero attached hydrogens (tertiary/aromatic N) is 1. The maximum atomic E-state index is 3.52. The van der Waals surface area contributed by atoms with Gasteiger partial charge in [0.1, 0.15) is 0 Å². The Morgan fingerprint density at radius 3 is 2.67 bits per heavy atom. The molecule has 5 heteroatoms. The minimum atomic E-state index is 0.709. The molecule has 0 spiro atoms. The highest BCUT2D eigenvalue weighted by atomic mass is 79.9. The van der Waals surface area contributed by atoms with E-state index in [2.05, 4.69) is 70.6 Å². The number of halogens is 1. The second-order valence-corrected chi connectivity index (χ2v) is 9.37. The largest absolute Gasteiger partial charge is 0.312 e. The first-order valence-corrected chi connectivity index (χ1v) is 9.71. The molecule has 2 heterocycles. The molecule has 116 valence electrons. The molecule has 0 saturated carbocycles. The molecule has 0 bridgehead atoms. The Balaban J connectivity index is 1.78. The maximum Gasteiger partial charge on any atom is 0.0701 e. The minimum Gasteiger partial charge on any atom is -0.312 e. The Morgan fingerprint density at radius 1 is 1.24 bits per heavy atom. The highest BCUT2D eigenvalue weighted by molar-refractivity contribution is 9.11. The van der Waals surface area contributed by atoms with Crippen LogP contribution in [-0.4, -0.2) is 18.5 Å². The first-order valence-electron chi connectivity index (χ1n) is 7.22. The molecular formula is C16H23BrN2S2. The van der Waals surface area contributed by atoms with E-state index in [0.717, 1.165) is 26.2 Å². The van der Waals surface area contributed by atoms with Crippen molar-refractivity contribution in [2.45, 2.75) is 33.5 Å². The van der Waals surface area contributed by atoms with Crippen molar-refractivity contribution in [1.29, 1.82) is 0 Å². The van der Waals surface area contributed by atoms with E-state index in [4.69, 9.17) is 0 Å². The van der Waals surface area contributed by atoms with Gasteiger partial charge in [0.25, 0.3) is 0 Å². The molecule has 0 aliphatic carbocycles. The molecule has 2 nitrogen and oxygen atoms in total. The summed E-state index contributed by atoms with van der Waals surface area (Å²) in [5.74, 6) is 0.709. The van der Waals surface area contributed by atoms with Crippen LogP contribution in [0, 0.1) is 5.92 Å². The van der Waals surface area contributed by atoms with Crippen LogP contribution in [-0.2, 0) is 19.6 Å². The van der Waals surface area contributed by atoms with E-state index in [-0.39, 0.29) is 0 Å². The fourth-order valence-electron chi connectivity index (χ4n) is 2.15. The lowest BCUT2D eigenvalue weighted by atomic mass is 10.2. The molecule has 2 rings (SSSR count). The molecule has 0 fully saturated rings. The van der Waals surface area contributed by atoms with Gasteiger partial charge in [-0.25, -0.2) is 0 Å². The Morgan fingerprint density at radius 2 is 2.00 bits per heavy atom. The van der Waals surface area contributed by atoms with E-state index < -0.39 is 0 Å². The molecule has 0 radical (unpaired) electrons. The van der Waals surface area contributed by atoms with E-state index >= 15 is 0 Å². The first kappa shape index (κ1) is 17.2. The standard InChI is InChI=1S/C16H23BrN2S2/c1-12(2)7-18-8-14-4-5-15(21-14)10-19(3)9-13-6-16(17)20-11-13/h4-6,11-12,18H,7-10H2,1-3H3. The highest BCUT2D eigenvalue weighted by Crippen LogP contribution is 2.23. The molecule has 0 saturated heterocycles. The van der Waals surface area contributed by atoms with E-state index in [1.165, 1.54) is 19.1 Å². The van der Waals surface area contributed by atoms with Gasteiger partial charge in [0.05, 0.1) is 3.79 Å². The van der Waals surface area contributed by atoms with E-state index in [1.807, 2.05) is 11.3 Å². The predicted molar refractivity (Wildman–Crippen MR) is 98.1 cm³/mol. The van der Waals surface area contributed by atoms with Crippen LogP contribution in [0.15, 0.2) is 27.4 Å². The zero-order chi connectivity index (χ0) is 15.2. The Bertz CT molecular complexity index is 548. The Kier molecular flexibility index (Phi) is 6.89. The molecule has 0 aromatic carbocycles. The molecular weight excluding hydrogens is 364 g/mol. The van der Waals surface area contributed by atoms with Crippen molar-refractivity contribution in [3.8, 4) is 0 Å². The van der Waals surface area contributed by atoms with E-state index in [1.54, 1.807) is 11.3 Å². The number of thiophene rings is 2. The monoisotopic (exact) mass is 386 g/mol. The summed E-state index contributed by atoms with van der Waals surface area (Å²) in [6, 6.07) is 6.72. The predicted octanol–water partition coefficient (Wildman–Crippen LogP) is 4.95. The second kappa shape index (κ2) is 8.44. The van der Waals surface area contributed by atoms with Gasteiger partial charge in [-0.1, -0.05) is 13.8 Å². The van der Waals surface area contributed by atoms with Crippen molar-refractivity contribution >= 4 is 38.6 Å². The average molecular weight is 387 g/mol. The fraction of sp³-hybridized carbons (Fsp3) is 0.500. The van der Waals surface area contributed by atoms with Gasteiger partial charge in [0.15, 0.2) is 0 Å². The van der Waals surface area contributed by atoms with Gasteiger partial charge < -0.3 is 5.32 Å². The molecule has 21 heavy (non-hydrogen) atoms. The minimum absolute atomic E-state index is 0.709. The van der Waals surface area contributed by atoms with Crippen LogP contribution in [0.2, 0.25) is 0 Å². The summed E-state index contributed by atoms with van der Waals surface area (Å²) in [6.07, 6.45) is 0. The van der Waals surface area contributed by atoms with Crippen LogP contribution in [0.5, 0.6) is 0 Å². The van der Waals surface area contributed by atoms with Crippen molar-refractivity contribution < 1.29 is 0 Å². The molecule has 0 unspecified atom stereocenters. The number of hydrogen-bond donors (Lipinski definition) is 1. The summed E-state index contributed by atoms with van der Waals surface area (Å²) >= 11 is 7.19. The number of nitrogens with one attached hydrogen (secondary N) is 1. The molecule has 0 atom stereocenters. The molecule has 0 amide bonds. The van der Waals surface area contributed by atoms with Crippen LogP contribution in [0.4, 0.5) is 0 Å². The smallest absolute Gasteiger partial charge is 0.0701 e. The SMILES string of the molecule is CC(C)CNCc1ccc(CN(C)Cc2csc(Br)c2)s1. The maximum absolute atomic E-state index is 3.52. The quantitative estimate of drug-likeness (QED) is 0.690. The average Bonchev–Trinajstić information content (AvgIpc) is 2.98. The van der Waals surface area contributed by atoms with Gasteiger partial charge in [-0.15, -0.1) is 22.7 Å². The van der Waals surface area contributed by atoms with Crippen molar-refractivity contribution in [3.63, 3.8) is 0 Å². The van der Waals surface area contributed by atoms with Crippen LogP contribution < -0.4 is 5.32 Å². The number of hydrogen-bond acceptors (Lipinski definition) is 4. The van der Waals surface area contributed by atoms with Crippen LogP contribution >= 0.6 is 38.6 Å². The summed E-state index contributed by atoms with van der Waals surface area (Å²) in [4.78, 5) is 5.23. The van der Waals surface area contributed by atoms with Crippen LogP contribution in [0.3, 0.4) is 0 Å². The molecule has 2 aromatic rings. The van der Waals surface area contributed by atoms with Gasteiger partial charge in [-0.3, -0.25) is 4.90 Å². The summed E-state index contributed by atoms with van der Waals surface area (Å²) in [6.45, 7) is 8.57. The van der Waals surface area contributed by atoms with E-state index in [0.29, 0.717) is 5.92 Å². The van der Waals surface area contributed by atoms with Crippen molar-refractivity contribution in [1.82, 2.24) is 10.2 Å². The summed E-state index contributed by atoms with van der Waals surface area (Å²) in [5.41, 5.74) is 1.38. The van der Waals surface area contributed by atoms with Gasteiger partial charge in [0.2, 0.25) is 0 Å². The van der Waals surface area contributed by atoms with Crippen molar-refractivity contribution in [3.05, 3.63) is 42.7 Å². The summed E-state index contributed by atoms with van der Waals surface area (Å²) in [7, 11) is 2.18. The van der Waals surface area contributed by atoms with Crippen molar-refractivity contribution in [2.75, 3.05) is 13.6 Å². The zero-order valence-electron chi connectivity index (χ0n) is 12.9. The van der Waals surface area contributed by atoms with Gasteiger partial charge >= 0.3 is 0 Å². The highest BCUT2D eigenvalue weighted by Gasteiger charge is 2.06. The Labute approximate surface area is 144 Å².